The van der Waals surface area contributed by atoms with Gasteiger partial charge in [-0.15, -0.1) is 0 Å². The van der Waals surface area contributed by atoms with Crippen molar-refractivity contribution in [3.05, 3.63) is 65.0 Å². The van der Waals surface area contributed by atoms with Crippen molar-refractivity contribution in [2.24, 2.45) is 0 Å². The minimum Gasteiger partial charge on any atom is -0.360 e. The highest BCUT2D eigenvalue weighted by Crippen LogP contribution is 2.23. The smallest absolute Gasteiger partial charge is 0.309 e. The lowest BCUT2D eigenvalue weighted by molar-refractivity contribution is -0.140. The van der Waals surface area contributed by atoms with E-state index in [9.17, 15) is 22.4 Å². The average molecular weight is 464 g/mol. The van der Waals surface area contributed by atoms with Crippen LogP contribution in [0.15, 0.2) is 47.4 Å². The molecule has 1 saturated heterocycles. The van der Waals surface area contributed by atoms with E-state index in [2.05, 4.69) is 10.6 Å². The Balaban J connectivity index is 1.60. The topological polar surface area (TPSA) is 105 Å². The molecule has 2 aromatic carbocycles. The molecule has 0 radical (unpaired) electrons. The maximum absolute atomic E-state index is 13.6. The van der Waals surface area contributed by atoms with Crippen LogP contribution in [-0.2, 0) is 30.9 Å². The first-order valence-corrected chi connectivity index (χ1v) is 11.6. The Kier molecular flexibility index (Phi) is 7.60. The van der Waals surface area contributed by atoms with Crippen molar-refractivity contribution in [1.82, 2.24) is 14.9 Å². The van der Waals surface area contributed by atoms with Gasteiger partial charge >= 0.3 is 11.8 Å². The summed E-state index contributed by atoms with van der Waals surface area (Å²) < 4.78 is 46.3. The van der Waals surface area contributed by atoms with E-state index in [4.69, 9.17) is 4.74 Å². The number of hydrogen-bond acceptors (Lipinski definition) is 5. The predicted molar refractivity (Wildman–Crippen MR) is 115 cm³/mol. The number of rotatable bonds is 6. The summed E-state index contributed by atoms with van der Waals surface area (Å²) in [7, 11) is -3.98. The van der Waals surface area contributed by atoms with Crippen molar-refractivity contribution >= 4 is 21.8 Å². The average Bonchev–Trinajstić information content (AvgIpc) is 2.78. The molecule has 1 atom stereocenters. The van der Waals surface area contributed by atoms with E-state index in [1.165, 1.54) is 19.1 Å². The number of aryl methyl sites for hydroxylation is 2. The number of nitrogens with one attached hydrogen (secondary N) is 2. The van der Waals surface area contributed by atoms with Gasteiger partial charge in [-0.05, 0) is 49.6 Å². The van der Waals surface area contributed by atoms with E-state index in [0.29, 0.717) is 13.0 Å². The monoisotopic (exact) mass is 463 g/mol. The van der Waals surface area contributed by atoms with Crippen LogP contribution in [0.3, 0.4) is 0 Å². The number of nitrogens with zero attached hydrogens (tertiary/aromatic N) is 1. The Bertz CT molecular complexity index is 1090. The minimum atomic E-state index is -3.98. The molecule has 10 heteroatoms. The molecule has 0 spiro atoms. The summed E-state index contributed by atoms with van der Waals surface area (Å²) in [5.41, 5.74) is 2.14. The molecule has 0 bridgehead atoms. The molecule has 2 N–H and O–H groups in total. The maximum atomic E-state index is 13.6. The molecule has 1 fully saturated rings. The molecular formula is C22H26FN3O5S. The van der Waals surface area contributed by atoms with Crippen LogP contribution in [0.2, 0.25) is 0 Å². The molecule has 1 aliphatic heterocycles. The second kappa shape index (κ2) is 10.2. The zero-order valence-corrected chi connectivity index (χ0v) is 18.7. The summed E-state index contributed by atoms with van der Waals surface area (Å²) >= 11 is 0. The van der Waals surface area contributed by atoms with Gasteiger partial charge in [-0.3, -0.25) is 9.59 Å². The van der Waals surface area contributed by atoms with Gasteiger partial charge in [-0.25, -0.2) is 12.8 Å². The zero-order valence-electron chi connectivity index (χ0n) is 17.9. The number of ether oxygens (including phenoxy) is 1. The number of hydrogen-bond donors (Lipinski definition) is 2. The normalized spacial score (nSPS) is 17.0. The van der Waals surface area contributed by atoms with Crippen molar-refractivity contribution in [3.8, 4) is 0 Å². The van der Waals surface area contributed by atoms with E-state index in [0.717, 1.165) is 21.5 Å². The molecule has 0 saturated carbocycles. The first-order valence-electron chi connectivity index (χ1n) is 10.2. The number of benzene rings is 2. The minimum absolute atomic E-state index is 0.0610. The van der Waals surface area contributed by atoms with Gasteiger partial charge in [0.25, 0.3) is 0 Å². The molecule has 0 aliphatic carbocycles. The van der Waals surface area contributed by atoms with Gasteiger partial charge < -0.3 is 15.4 Å². The van der Waals surface area contributed by atoms with Gasteiger partial charge in [0.1, 0.15) is 12.0 Å². The second-order valence-corrected chi connectivity index (χ2v) is 9.47. The first-order chi connectivity index (χ1) is 15.2. The van der Waals surface area contributed by atoms with Crippen LogP contribution in [-0.4, -0.2) is 50.5 Å². The Labute approximate surface area is 186 Å². The number of halogens is 1. The van der Waals surface area contributed by atoms with Crippen molar-refractivity contribution < 1.29 is 27.1 Å². The van der Waals surface area contributed by atoms with Crippen LogP contribution < -0.4 is 10.6 Å². The Morgan fingerprint density at radius 1 is 1.09 bits per heavy atom. The molecule has 3 rings (SSSR count). The van der Waals surface area contributed by atoms with E-state index >= 15 is 0 Å². The quantitative estimate of drug-likeness (QED) is 0.634. The summed E-state index contributed by atoms with van der Waals surface area (Å²) in [6, 6.07) is 11.1. The lowest BCUT2D eigenvalue weighted by Crippen LogP contribution is -2.53. The van der Waals surface area contributed by atoms with Gasteiger partial charge in [0.15, 0.2) is 0 Å². The SMILES string of the molecule is Cc1ccc(CNC(=O)C(=O)NC[C@H]2OCCCN2S(=O)(=O)c2ccc(F)c(C)c2)cc1. The highest BCUT2D eigenvalue weighted by Gasteiger charge is 2.35. The number of sulfonamides is 1. The fourth-order valence-electron chi connectivity index (χ4n) is 3.24. The number of amides is 2. The summed E-state index contributed by atoms with van der Waals surface area (Å²) in [6.07, 6.45) is -0.506. The van der Waals surface area contributed by atoms with E-state index in [1.807, 2.05) is 31.2 Å². The van der Waals surface area contributed by atoms with Gasteiger partial charge in [-0.2, -0.15) is 4.31 Å². The third kappa shape index (κ3) is 5.70. The van der Waals surface area contributed by atoms with Gasteiger partial charge in [0.05, 0.1) is 18.0 Å². The zero-order chi connectivity index (χ0) is 23.3. The molecule has 1 aliphatic rings. The highest BCUT2D eigenvalue weighted by molar-refractivity contribution is 7.89. The van der Waals surface area contributed by atoms with Crippen LogP contribution in [0.5, 0.6) is 0 Å². The van der Waals surface area contributed by atoms with E-state index < -0.39 is 33.9 Å². The van der Waals surface area contributed by atoms with Crippen LogP contribution in [0, 0.1) is 19.7 Å². The third-order valence-electron chi connectivity index (χ3n) is 5.11. The van der Waals surface area contributed by atoms with E-state index in [1.54, 1.807) is 0 Å². The molecule has 32 heavy (non-hydrogen) atoms. The largest absolute Gasteiger partial charge is 0.360 e. The lowest BCUT2D eigenvalue weighted by atomic mass is 10.1. The van der Waals surface area contributed by atoms with Crippen LogP contribution >= 0.6 is 0 Å². The molecular weight excluding hydrogens is 437 g/mol. The Morgan fingerprint density at radius 2 is 1.78 bits per heavy atom. The first kappa shape index (κ1) is 23.8. The lowest BCUT2D eigenvalue weighted by Gasteiger charge is -2.34. The molecule has 0 unspecified atom stereocenters. The van der Waals surface area contributed by atoms with Crippen molar-refractivity contribution in [1.29, 1.82) is 0 Å². The van der Waals surface area contributed by atoms with Gasteiger partial charge in [0.2, 0.25) is 10.0 Å². The molecule has 1 heterocycles. The highest BCUT2D eigenvalue weighted by atomic mass is 32.2. The van der Waals surface area contributed by atoms with Crippen LogP contribution in [0.1, 0.15) is 23.1 Å². The molecule has 172 valence electrons. The van der Waals surface area contributed by atoms with Crippen LogP contribution in [0.4, 0.5) is 4.39 Å². The summed E-state index contributed by atoms with van der Waals surface area (Å²) in [5, 5.41) is 4.96. The van der Waals surface area contributed by atoms with Crippen molar-refractivity contribution in [2.45, 2.75) is 37.9 Å². The third-order valence-corrected chi connectivity index (χ3v) is 6.99. The summed E-state index contributed by atoms with van der Waals surface area (Å²) in [4.78, 5) is 24.2. The number of carbonyl (C=O) groups excluding carboxylic acids is 2. The Hall–Kier alpha value is -2.82. The van der Waals surface area contributed by atoms with Crippen molar-refractivity contribution in [3.63, 3.8) is 0 Å². The fraction of sp³-hybridized carbons (Fsp3) is 0.364. The second-order valence-electron chi connectivity index (χ2n) is 7.58. The standard InChI is InChI=1S/C22H26FN3O5S/c1-15-4-6-17(7-5-15)13-24-21(27)22(28)25-14-20-26(10-3-11-31-20)32(29,30)18-8-9-19(23)16(2)12-18/h4-9,12,20H,3,10-11,13-14H2,1-2H3,(H,24,27)(H,25,28)/t20-/m1/s1. The fourth-order valence-corrected chi connectivity index (χ4v) is 4.90. The Morgan fingerprint density at radius 3 is 2.47 bits per heavy atom. The van der Waals surface area contributed by atoms with Gasteiger partial charge in [0, 0.05) is 13.1 Å². The van der Waals surface area contributed by atoms with Crippen molar-refractivity contribution in [2.75, 3.05) is 19.7 Å². The van der Waals surface area contributed by atoms with E-state index in [-0.39, 0.29) is 30.1 Å². The summed E-state index contributed by atoms with van der Waals surface area (Å²) in [5.74, 6) is -2.22. The molecule has 0 aromatic heterocycles. The molecule has 2 aromatic rings. The van der Waals surface area contributed by atoms with Gasteiger partial charge in [-0.1, -0.05) is 29.8 Å². The van der Waals surface area contributed by atoms with Crippen LogP contribution in [0.25, 0.3) is 0 Å². The maximum Gasteiger partial charge on any atom is 0.309 e. The molecule has 8 nitrogen and oxygen atoms in total. The number of carbonyl (C=O) groups is 2. The molecule has 2 amide bonds. The summed E-state index contributed by atoms with van der Waals surface area (Å²) in [6.45, 7) is 3.92. The predicted octanol–water partition coefficient (Wildman–Crippen LogP) is 1.61.